The molecule has 12 nitrogen and oxygen atoms in total. The maximum absolute atomic E-state index is 15.4. The predicted octanol–water partition coefficient (Wildman–Crippen LogP) is 7.31. The number of rotatable bonds is 8. The number of carbonyl (C=O) groups excluding carboxylic acids is 4. The lowest BCUT2D eigenvalue weighted by molar-refractivity contribution is -0.142. The molecule has 2 aliphatic carbocycles. The summed E-state index contributed by atoms with van der Waals surface area (Å²) in [6, 6.07) is 16.1. The van der Waals surface area contributed by atoms with Gasteiger partial charge in [-0.1, -0.05) is 47.0 Å². The van der Waals surface area contributed by atoms with Crippen molar-refractivity contribution >= 4 is 58.3 Å². The van der Waals surface area contributed by atoms with Gasteiger partial charge in [0.25, 0.3) is 23.6 Å². The van der Waals surface area contributed by atoms with E-state index in [1.54, 1.807) is 30.3 Å². The van der Waals surface area contributed by atoms with E-state index >= 15 is 4.79 Å². The Bertz CT molecular complexity index is 2430. The van der Waals surface area contributed by atoms with Crippen LogP contribution in [0.2, 0.25) is 10.0 Å². The molecule has 8 rings (SSSR count). The van der Waals surface area contributed by atoms with E-state index in [4.69, 9.17) is 32.7 Å². The first kappa shape index (κ1) is 39.9. The summed E-state index contributed by atoms with van der Waals surface area (Å²) in [5, 5.41) is 13.6. The molecule has 18 heteroatoms. The average Bonchev–Trinajstić information content (AvgIpc) is 3.59. The fraction of sp³-hybridized carbons (Fsp3) is 0.293. The second kappa shape index (κ2) is 14.4. The Morgan fingerprint density at radius 3 is 2.15 bits per heavy atom. The third kappa shape index (κ3) is 6.13. The van der Waals surface area contributed by atoms with Gasteiger partial charge in [0.05, 0.1) is 48.1 Å². The molecule has 1 saturated carbocycles. The Balaban J connectivity index is 1.31. The van der Waals surface area contributed by atoms with Crippen LogP contribution in [0.15, 0.2) is 84.4 Å². The molecule has 0 spiro atoms. The van der Waals surface area contributed by atoms with Gasteiger partial charge in [0.15, 0.2) is 17.3 Å². The highest BCUT2D eigenvalue weighted by Crippen LogP contribution is 2.65. The largest absolute Gasteiger partial charge is 0.502 e. The van der Waals surface area contributed by atoms with Crippen LogP contribution in [0.3, 0.4) is 0 Å². The van der Waals surface area contributed by atoms with Gasteiger partial charge in [-0.15, -0.1) is 0 Å². The number of halogens is 6. The van der Waals surface area contributed by atoms with Crippen LogP contribution in [0.25, 0.3) is 0 Å². The number of nitrogens with one attached hydrogen (secondary N) is 1. The third-order valence-electron chi connectivity index (χ3n) is 11.8. The number of imide groups is 2. The molecule has 2 saturated heterocycles. The van der Waals surface area contributed by atoms with Crippen LogP contribution >= 0.6 is 23.2 Å². The van der Waals surface area contributed by atoms with Gasteiger partial charge in [0.1, 0.15) is 11.5 Å². The first-order valence-electron chi connectivity index (χ1n) is 18.2. The van der Waals surface area contributed by atoms with Gasteiger partial charge in [-0.25, -0.2) is 9.37 Å². The number of aromatic nitrogens is 1. The maximum atomic E-state index is 15.4. The number of methoxy groups -OCH3 is 2. The summed E-state index contributed by atoms with van der Waals surface area (Å²) in [5.41, 5.74) is 1.26. The number of nitrogens with zero attached hydrogens (tertiary/aromatic N) is 4. The number of allylic oxidation sites excluding steroid dienone is 2. The molecular formula is C41H33Cl2F4N5O7. The molecule has 0 bridgehead atoms. The molecule has 3 heterocycles. The van der Waals surface area contributed by atoms with E-state index in [1.165, 1.54) is 45.5 Å². The second-order valence-electron chi connectivity index (χ2n) is 14.7. The lowest BCUT2D eigenvalue weighted by atomic mass is 9.49. The molecule has 3 aromatic carbocycles. The summed E-state index contributed by atoms with van der Waals surface area (Å²) >= 11 is 12.7. The first-order valence-corrected chi connectivity index (χ1v) is 18.9. The molecular weight excluding hydrogens is 821 g/mol. The number of hydrogen-bond donors (Lipinski definition) is 2. The number of amides is 4. The number of phenols is 1. The van der Waals surface area contributed by atoms with Gasteiger partial charge in [-0.3, -0.25) is 29.6 Å². The number of anilines is 2. The van der Waals surface area contributed by atoms with Crippen LogP contribution in [-0.2, 0) is 30.8 Å². The molecule has 4 aliphatic rings. The molecule has 2 aliphatic heterocycles. The molecule has 4 amide bonds. The molecule has 3 fully saturated rings. The lowest BCUT2D eigenvalue weighted by Crippen LogP contribution is -2.53. The van der Waals surface area contributed by atoms with Crippen molar-refractivity contribution in [1.82, 2.24) is 15.0 Å². The zero-order chi connectivity index (χ0) is 42.3. The van der Waals surface area contributed by atoms with Crippen molar-refractivity contribution in [2.45, 2.75) is 30.4 Å². The Labute approximate surface area is 343 Å². The SMILES string of the molecule is COc1cc([C@H]2C3=CC[C@@H]4C(=O)N(N(C)c5nc(C(F)(F)F)ccc5Cl)C(=O)[C@@H]4[C@@H]3C[C@H]3C(=O)N(Nc4ccc(F)cc4)C(=O)[C@@]23c2ccc(Cl)cc2)cc(OC)c1O. The van der Waals surface area contributed by atoms with Gasteiger partial charge in [0.2, 0.25) is 5.75 Å². The number of alkyl halides is 3. The minimum Gasteiger partial charge on any atom is -0.502 e. The molecule has 4 aromatic rings. The first-order chi connectivity index (χ1) is 28.0. The van der Waals surface area contributed by atoms with Crippen molar-refractivity contribution in [3.63, 3.8) is 0 Å². The number of hydrazine groups is 2. The van der Waals surface area contributed by atoms with E-state index in [-0.39, 0.29) is 40.8 Å². The number of phenolic OH excluding ortho intramolecular Hbond substituents is 1. The molecule has 59 heavy (non-hydrogen) atoms. The van der Waals surface area contributed by atoms with Crippen LogP contribution in [-0.4, -0.2) is 65.0 Å². The number of pyridine rings is 1. The van der Waals surface area contributed by atoms with E-state index in [2.05, 4.69) is 10.4 Å². The van der Waals surface area contributed by atoms with Crippen molar-refractivity contribution in [3.8, 4) is 17.2 Å². The van der Waals surface area contributed by atoms with Crippen molar-refractivity contribution in [2.75, 3.05) is 31.7 Å². The number of hydrogen-bond acceptors (Lipinski definition) is 10. The zero-order valence-electron chi connectivity index (χ0n) is 31.3. The number of fused-ring (bicyclic) bond motifs is 4. The van der Waals surface area contributed by atoms with Crippen molar-refractivity contribution < 1.29 is 51.3 Å². The normalized spacial score (nSPS) is 25.0. The Hall–Kier alpha value is -5.87. The minimum atomic E-state index is -4.86. The van der Waals surface area contributed by atoms with Crippen LogP contribution in [0.4, 0.5) is 29.1 Å². The highest BCUT2D eigenvalue weighted by molar-refractivity contribution is 6.33. The zero-order valence-corrected chi connectivity index (χ0v) is 32.8. The van der Waals surface area contributed by atoms with E-state index in [1.807, 2.05) is 0 Å². The quantitative estimate of drug-likeness (QED) is 0.105. The monoisotopic (exact) mass is 853 g/mol. The van der Waals surface area contributed by atoms with Gasteiger partial charge in [-0.05, 0) is 90.6 Å². The van der Waals surface area contributed by atoms with Crippen LogP contribution in [0.1, 0.15) is 35.6 Å². The smallest absolute Gasteiger partial charge is 0.433 e. The molecule has 1 aromatic heterocycles. The van der Waals surface area contributed by atoms with Crippen LogP contribution in [0.5, 0.6) is 17.2 Å². The minimum absolute atomic E-state index is 0.0259. The molecule has 0 unspecified atom stereocenters. The van der Waals surface area contributed by atoms with Gasteiger partial charge >= 0.3 is 6.18 Å². The fourth-order valence-electron chi connectivity index (χ4n) is 9.30. The number of ether oxygens (including phenoxy) is 2. The highest BCUT2D eigenvalue weighted by atomic mass is 35.5. The van der Waals surface area contributed by atoms with E-state index in [9.17, 15) is 37.1 Å². The standard InChI is InChI=1S/C41H33Cl2F4N5O7/c1-50(35-28(43)14-15-31(48-35)41(45,46)47)52-36(54)25-13-12-24-26(32(25)38(52)56)18-27-37(55)51(49-23-10-8-22(44)9-11-23)39(57)40(27,20-4-6-21(42)7-5-20)33(24)19-16-29(58-2)34(53)30(17-19)59-3/h4-12,14-17,25-27,32-33,49,53H,13,18H2,1-3H3/t25-,26+,27-,32-,33-,40+/m0/s1. The van der Waals surface area contributed by atoms with Gasteiger partial charge in [0, 0.05) is 18.0 Å². The highest BCUT2D eigenvalue weighted by Gasteiger charge is 2.70. The summed E-state index contributed by atoms with van der Waals surface area (Å²) in [7, 11) is 3.85. The molecule has 0 radical (unpaired) electrons. The Kier molecular flexibility index (Phi) is 9.78. The van der Waals surface area contributed by atoms with E-state index < -0.39 is 82.1 Å². The van der Waals surface area contributed by atoms with E-state index in [0.29, 0.717) is 27.8 Å². The summed E-state index contributed by atoms with van der Waals surface area (Å²) in [4.78, 5) is 62.9. The Morgan fingerprint density at radius 2 is 1.54 bits per heavy atom. The summed E-state index contributed by atoms with van der Waals surface area (Å²) < 4.78 is 66.2. The molecule has 6 atom stereocenters. The Morgan fingerprint density at radius 1 is 0.898 bits per heavy atom. The summed E-state index contributed by atoms with van der Waals surface area (Å²) in [6.45, 7) is 0. The van der Waals surface area contributed by atoms with Crippen molar-refractivity contribution in [2.24, 2.45) is 23.7 Å². The van der Waals surface area contributed by atoms with Crippen molar-refractivity contribution in [3.05, 3.63) is 117 Å². The second-order valence-corrected chi connectivity index (χ2v) is 15.5. The average molecular weight is 855 g/mol. The number of aromatic hydroxyl groups is 1. The van der Waals surface area contributed by atoms with Crippen LogP contribution < -0.4 is 19.9 Å². The third-order valence-corrected chi connectivity index (χ3v) is 12.3. The fourth-order valence-corrected chi connectivity index (χ4v) is 9.65. The number of carbonyl (C=O) groups is 4. The summed E-state index contributed by atoms with van der Waals surface area (Å²) in [6.07, 6.45) is -3.26. The van der Waals surface area contributed by atoms with Crippen LogP contribution in [0, 0.1) is 29.5 Å². The maximum Gasteiger partial charge on any atom is 0.433 e. The number of benzene rings is 3. The van der Waals surface area contributed by atoms with Gasteiger partial charge in [-0.2, -0.15) is 23.2 Å². The van der Waals surface area contributed by atoms with Gasteiger partial charge < -0.3 is 14.6 Å². The molecule has 2 N–H and O–H groups in total. The van der Waals surface area contributed by atoms with E-state index in [0.717, 1.165) is 33.2 Å². The topological polar surface area (TPSA) is 142 Å². The summed E-state index contributed by atoms with van der Waals surface area (Å²) in [5.74, 6) is -9.69. The molecule has 306 valence electrons. The predicted molar refractivity (Wildman–Crippen MR) is 205 cm³/mol. The lowest BCUT2D eigenvalue weighted by Gasteiger charge is -2.50. The van der Waals surface area contributed by atoms with Crippen molar-refractivity contribution in [1.29, 1.82) is 0 Å².